The maximum absolute atomic E-state index is 13.1. The normalized spacial score (nSPS) is 24.4. The first kappa shape index (κ1) is 29.5. The van der Waals surface area contributed by atoms with E-state index in [1.807, 2.05) is 0 Å². The number of hydrogen-bond acceptors (Lipinski definition) is 7. The quantitative estimate of drug-likeness (QED) is 0.336. The van der Waals surface area contributed by atoms with Crippen LogP contribution in [0.1, 0.15) is 69.4 Å². The zero-order valence-corrected chi connectivity index (χ0v) is 21.9. The number of aromatic nitrogens is 2. The molecule has 1 aliphatic heterocycles. The summed E-state index contributed by atoms with van der Waals surface area (Å²) in [5, 5.41) is 21.8. The van der Waals surface area contributed by atoms with E-state index in [0.717, 1.165) is 6.07 Å². The summed E-state index contributed by atoms with van der Waals surface area (Å²) in [5.41, 5.74) is -3.37. The molecule has 0 saturated carbocycles. The van der Waals surface area contributed by atoms with Crippen LogP contribution < -0.4 is 5.56 Å². The van der Waals surface area contributed by atoms with Gasteiger partial charge in [-0.25, -0.2) is 4.98 Å². The van der Waals surface area contributed by atoms with Crippen LogP contribution in [-0.4, -0.2) is 49.0 Å². The van der Waals surface area contributed by atoms with Crippen LogP contribution in [0.5, 0.6) is 0 Å². The van der Waals surface area contributed by atoms with Gasteiger partial charge in [0.25, 0.3) is 5.56 Å². The maximum Gasteiger partial charge on any atom is 0.433 e. The van der Waals surface area contributed by atoms with E-state index < -0.39 is 55.0 Å². The second kappa shape index (κ2) is 10.6. The first-order valence-corrected chi connectivity index (χ1v) is 13.5. The Balaban J connectivity index is 1.95. The zero-order chi connectivity index (χ0) is 27.9. The molecule has 9 nitrogen and oxygen atoms in total. The van der Waals surface area contributed by atoms with E-state index in [-0.39, 0.29) is 53.2 Å². The van der Waals surface area contributed by atoms with Crippen molar-refractivity contribution in [2.24, 2.45) is 0 Å². The number of nitrogens with one attached hydrogen (secondary N) is 1. The Kier molecular flexibility index (Phi) is 8.44. The smallest absolute Gasteiger partial charge is 0.388 e. The summed E-state index contributed by atoms with van der Waals surface area (Å²) in [5.74, 6) is 0. The lowest BCUT2D eigenvalue weighted by atomic mass is 9.88. The van der Waals surface area contributed by atoms with Gasteiger partial charge in [0.15, 0.2) is 0 Å². The van der Waals surface area contributed by atoms with E-state index in [9.17, 15) is 37.6 Å². The van der Waals surface area contributed by atoms with Gasteiger partial charge in [0.2, 0.25) is 0 Å². The summed E-state index contributed by atoms with van der Waals surface area (Å²) < 4.78 is 63.7. The van der Waals surface area contributed by atoms with Gasteiger partial charge in [0.1, 0.15) is 29.7 Å². The number of rotatable bonds is 9. The minimum absolute atomic E-state index is 0.0323. The van der Waals surface area contributed by atoms with Gasteiger partial charge in [-0.3, -0.25) is 13.9 Å². The van der Waals surface area contributed by atoms with Crippen LogP contribution in [0.25, 0.3) is 11.0 Å². The number of aromatic amines is 1. The Labute approximate surface area is 211 Å². The number of aryl methyl sites for hydroxylation is 1. The highest BCUT2D eigenvalue weighted by Crippen LogP contribution is 2.56. The molecule has 0 aliphatic carbocycles. The highest BCUT2D eigenvalue weighted by molar-refractivity contribution is 7.57. The second-order valence-corrected chi connectivity index (χ2v) is 11.2. The number of aliphatic hydroxyl groups is 2. The summed E-state index contributed by atoms with van der Waals surface area (Å²) in [6.45, 7) is 10.2. The molecule has 0 amide bonds. The molecule has 0 bridgehead atoms. The molecule has 206 valence electrons. The van der Waals surface area contributed by atoms with Crippen molar-refractivity contribution in [3.05, 3.63) is 51.2 Å². The van der Waals surface area contributed by atoms with Gasteiger partial charge in [0.05, 0.1) is 11.7 Å². The Morgan fingerprint density at radius 3 is 2.38 bits per heavy atom. The maximum atomic E-state index is 13.1. The molecule has 13 heteroatoms. The Hall–Kier alpha value is -2.08. The summed E-state index contributed by atoms with van der Waals surface area (Å²) in [6.07, 6.45) is -9.40. The highest BCUT2D eigenvalue weighted by atomic mass is 31.2. The van der Waals surface area contributed by atoms with E-state index in [4.69, 9.17) is 9.26 Å². The van der Waals surface area contributed by atoms with Crippen LogP contribution in [0, 0.1) is 6.92 Å². The van der Waals surface area contributed by atoms with Crippen LogP contribution in [0.2, 0.25) is 0 Å². The number of fused-ring (bicyclic) bond motifs is 1. The van der Waals surface area contributed by atoms with Crippen molar-refractivity contribution in [3.8, 4) is 0 Å². The van der Waals surface area contributed by atoms with Crippen LogP contribution in [0.4, 0.5) is 13.2 Å². The number of aliphatic hydroxyl groups excluding tert-OH is 2. The third-order valence-corrected chi connectivity index (χ3v) is 8.76. The van der Waals surface area contributed by atoms with Gasteiger partial charge < -0.3 is 24.8 Å². The molecule has 0 aromatic carbocycles. The molecule has 1 fully saturated rings. The summed E-state index contributed by atoms with van der Waals surface area (Å²) in [6, 6.07) is 2.13. The largest absolute Gasteiger partial charge is 0.433 e. The van der Waals surface area contributed by atoms with Gasteiger partial charge >= 0.3 is 13.8 Å². The van der Waals surface area contributed by atoms with Crippen LogP contribution in [-0.2, 0) is 20.0 Å². The number of hydrogen-bond donors (Lipinski definition) is 4. The van der Waals surface area contributed by atoms with E-state index in [0.29, 0.717) is 0 Å². The lowest BCUT2D eigenvalue weighted by Crippen LogP contribution is -2.40. The number of nitrogens with zero attached hydrogens (tertiary/aromatic N) is 1. The number of allylic oxidation sites excluding steroid dienone is 1. The molecule has 0 spiro atoms. The Morgan fingerprint density at radius 1 is 1.22 bits per heavy atom. The van der Waals surface area contributed by atoms with E-state index >= 15 is 0 Å². The summed E-state index contributed by atoms with van der Waals surface area (Å²) in [7, 11) is -4.20. The van der Waals surface area contributed by atoms with Crippen molar-refractivity contribution in [1.82, 2.24) is 9.97 Å². The second-order valence-electron chi connectivity index (χ2n) is 9.34. The Bertz CT molecular complexity index is 1280. The minimum atomic E-state index is -4.70. The Morgan fingerprint density at radius 2 is 1.84 bits per heavy atom. The molecule has 5 atom stereocenters. The zero-order valence-electron chi connectivity index (χ0n) is 21.0. The molecule has 37 heavy (non-hydrogen) atoms. The molecule has 2 aromatic heterocycles. The van der Waals surface area contributed by atoms with Gasteiger partial charge in [-0.05, 0) is 43.9 Å². The van der Waals surface area contributed by atoms with Crippen molar-refractivity contribution in [1.29, 1.82) is 0 Å². The van der Waals surface area contributed by atoms with Crippen molar-refractivity contribution in [2.75, 3.05) is 0 Å². The van der Waals surface area contributed by atoms with E-state index in [2.05, 4.69) is 16.5 Å². The molecule has 3 rings (SSSR count). The van der Waals surface area contributed by atoms with Gasteiger partial charge in [0, 0.05) is 22.7 Å². The summed E-state index contributed by atoms with van der Waals surface area (Å²) in [4.78, 5) is 29.0. The number of alkyl halides is 3. The molecule has 1 aliphatic rings. The predicted molar refractivity (Wildman–Crippen MR) is 130 cm³/mol. The van der Waals surface area contributed by atoms with Crippen LogP contribution in [0.15, 0.2) is 28.8 Å². The van der Waals surface area contributed by atoms with E-state index in [1.54, 1.807) is 20.8 Å². The number of pyridine rings is 2. The molecule has 5 unspecified atom stereocenters. The minimum Gasteiger partial charge on any atom is -0.388 e. The highest BCUT2D eigenvalue weighted by Gasteiger charge is 2.49. The number of halogens is 3. The standard InChI is InChI=1S/C24H32F3N2O7P/c1-6-13(5)37(33,34)36-23(7-2,8-3)11-16-18(30)19(31)20(35-16)15-10-14-12(4)9-17(24(25,26)27)28-21(14)29-22(15)32/h9-10,16,18-20,30-31H,5-8,11H2,1-4H3,(H,33,34)(H,28,29,32). The molecule has 3 heterocycles. The fraction of sp³-hybridized carbons (Fsp3) is 0.583. The van der Waals surface area contributed by atoms with Crippen molar-refractivity contribution < 1.29 is 42.1 Å². The van der Waals surface area contributed by atoms with E-state index in [1.165, 1.54) is 13.0 Å². The van der Waals surface area contributed by atoms with Crippen LogP contribution >= 0.6 is 7.60 Å². The van der Waals surface area contributed by atoms with Crippen molar-refractivity contribution in [3.63, 3.8) is 0 Å². The predicted octanol–water partition coefficient (Wildman–Crippen LogP) is 4.49. The first-order valence-electron chi connectivity index (χ1n) is 11.9. The van der Waals surface area contributed by atoms with Gasteiger partial charge in [-0.15, -0.1) is 0 Å². The number of ether oxygens (including phenoxy) is 1. The van der Waals surface area contributed by atoms with Gasteiger partial charge in [-0.1, -0.05) is 27.4 Å². The molecule has 4 N–H and O–H groups in total. The van der Waals surface area contributed by atoms with Crippen molar-refractivity contribution in [2.45, 2.75) is 89.6 Å². The SMILES string of the molecule is C=C(CC)P(=O)(O)OC(CC)(CC)CC1OC(c2cc3c(C)cc(C(F)(F)F)nc3[nH]c2=O)C(O)C1O. The monoisotopic (exact) mass is 548 g/mol. The molecule has 0 radical (unpaired) electrons. The molecule has 2 aromatic rings. The lowest BCUT2D eigenvalue weighted by molar-refractivity contribution is -0.141. The fourth-order valence-electron chi connectivity index (χ4n) is 4.49. The number of H-pyrrole nitrogens is 1. The van der Waals surface area contributed by atoms with Crippen LogP contribution in [0.3, 0.4) is 0 Å². The molecular weight excluding hydrogens is 516 g/mol. The third kappa shape index (κ3) is 5.84. The van der Waals surface area contributed by atoms with Crippen molar-refractivity contribution >= 4 is 18.6 Å². The summed E-state index contributed by atoms with van der Waals surface area (Å²) >= 11 is 0. The third-order valence-electron chi connectivity index (χ3n) is 7.01. The average Bonchev–Trinajstić information content (AvgIpc) is 3.09. The topological polar surface area (TPSA) is 142 Å². The first-order chi connectivity index (χ1) is 17.1. The lowest BCUT2D eigenvalue weighted by Gasteiger charge is -2.36. The molecular formula is C24H32F3N2O7P. The van der Waals surface area contributed by atoms with Gasteiger partial charge in [-0.2, -0.15) is 13.2 Å². The molecule has 1 saturated heterocycles. The fourth-order valence-corrected chi connectivity index (χ4v) is 5.88. The average molecular weight is 548 g/mol.